The van der Waals surface area contributed by atoms with Crippen molar-refractivity contribution >= 4 is 40.6 Å². The molecule has 1 aliphatic heterocycles. The largest absolute Gasteiger partial charge is 0.478 e. The van der Waals surface area contributed by atoms with Gasteiger partial charge in [0.1, 0.15) is 0 Å². The van der Waals surface area contributed by atoms with Crippen LogP contribution in [0.2, 0.25) is 10.0 Å². The number of hydrogen-bond acceptors (Lipinski definition) is 4. The van der Waals surface area contributed by atoms with Gasteiger partial charge in [-0.3, -0.25) is 0 Å². The Balaban J connectivity index is 2.02. The number of nitrogen functional groups attached to an aromatic ring is 1. The second-order valence-corrected chi connectivity index (χ2v) is 6.77. The molecule has 0 aliphatic carbocycles. The van der Waals surface area contributed by atoms with Crippen LogP contribution in [0.15, 0.2) is 41.6 Å². The normalized spacial score (nSPS) is 19.5. The zero-order valence-electron chi connectivity index (χ0n) is 13.3. The average Bonchev–Trinajstić information content (AvgIpc) is 3.00. The minimum Gasteiger partial charge on any atom is -0.478 e. The zero-order chi connectivity index (χ0) is 20.0. The maximum Gasteiger partial charge on any atom is 0.435 e. The molecule has 0 fully saturated rings. The smallest absolute Gasteiger partial charge is 0.435 e. The molecule has 10 heteroatoms. The molecule has 3 rings (SSSR count). The molecular formula is C17H11Cl2F3N2O3. The van der Waals surface area contributed by atoms with Crippen LogP contribution in [0.25, 0.3) is 0 Å². The van der Waals surface area contributed by atoms with Crippen LogP contribution >= 0.6 is 23.2 Å². The Morgan fingerprint density at radius 1 is 1.19 bits per heavy atom. The van der Waals surface area contributed by atoms with Crippen LogP contribution in [0.4, 0.5) is 18.9 Å². The molecule has 0 bridgehead atoms. The van der Waals surface area contributed by atoms with Gasteiger partial charge in [0.15, 0.2) is 0 Å². The quantitative estimate of drug-likeness (QED) is 0.697. The fraction of sp³-hybridized carbons (Fsp3) is 0.176. The van der Waals surface area contributed by atoms with Crippen molar-refractivity contribution in [3.63, 3.8) is 0 Å². The summed E-state index contributed by atoms with van der Waals surface area (Å²) in [6, 6.07) is 7.28. The molecule has 2 aromatic carbocycles. The number of nitrogens with two attached hydrogens (primary N) is 1. The first kappa shape index (κ1) is 19.3. The van der Waals surface area contributed by atoms with E-state index in [0.29, 0.717) is 0 Å². The summed E-state index contributed by atoms with van der Waals surface area (Å²) in [5.41, 5.74) is 2.52. The lowest BCUT2D eigenvalue weighted by molar-refractivity contribution is -0.275. The molecule has 1 atom stereocenters. The van der Waals surface area contributed by atoms with Gasteiger partial charge in [0.05, 0.1) is 11.3 Å². The molecule has 2 aromatic rings. The van der Waals surface area contributed by atoms with E-state index in [1.807, 2.05) is 0 Å². The number of nitrogens with zero attached hydrogens (tertiary/aromatic N) is 1. The van der Waals surface area contributed by atoms with Crippen molar-refractivity contribution in [2.24, 2.45) is 5.16 Å². The summed E-state index contributed by atoms with van der Waals surface area (Å²) in [7, 11) is 0. The van der Waals surface area contributed by atoms with Gasteiger partial charge < -0.3 is 15.7 Å². The molecule has 1 unspecified atom stereocenters. The van der Waals surface area contributed by atoms with Crippen molar-refractivity contribution in [1.29, 1.82) is 0 Å². The molecule has 0 spiro atoms. The highest BCUT2D eigenvalue weighted by Crippen LogP contribution is 2.49. The number of carboxylic acids is 1. The molecule has 3 N–H and O–H groups in total. The number of aromatic carboxylic acids is 1. The van der Waals surface area contributed by atoms with E-state index < -0.39 is 24.2 Å². The molecule has 0 radical (unpaired) electrons. The van der Waals surface area contributed by atoms with Crippen LogP contribution in [0.5, 0.6) is 0 Å². The number of oxime groups is 1. The van der Waals surface area contributed by atoms with Gasteiger partial charge in [0.2, 0.25) is 0 Å². The van der Waals surface area contributed by atoms with Gasteiger partial charge in [0, 0.05) is 33.3 Å². The third-order valence-corrected chi connectivity index (χ3v) is 4.57. The van der Waals surface area contributed by atoms with Gasteiger partial charge in [-0.2, -0.15) is 13.2 Å². The summed E-state index contributed by atoms with van der Waals surface area (Å²) in [4.78, 5) is 15.9. The van der Waals surface area contributed by atoms with Crippen molar-refractivity contribution in [2.45, 2.75) is 18.2 Å². The van der Waals surface area contributed by atoms with Crippen LogP contribution in [0.3, 0.4) is 0 Å². The van der Waals surface area contributed by atoms with E-state index in [1.54, 1.807) is 0 Å². The van der Waals surface area contributed by atoms with Crippen LogP contribution < -0.4 is 5.73 Å². The van der Waals surface area contributed by atoms with Gasteiger partial charge >= 0.3 is 12.1 Å². The Labute approximate surface area is 161 Å². The van der Waals surface area contributed by atoms with E-state index in [2.05, 4.69) is 5.16 Å². The summed E-state index contributed by atoms with van der Waals surface area (Å²) in [5, 5.41) is 12.6. The second-order valence-electron chi connectivity index (χ2n) is 5.90. The Morgan fingerprint density at radius 2 is 1.81 bits per heavy atom. The number of carbonyl (C=O) groups is 1. The lowest BCUT2D eigenvalue weighted by Crippen LogP contribution is -2.42. The molecule has 0 saturated carbocycles. The third-order valence-electron chi connectivity index (χ3n) is 4.13. The predicted octanol–water partition coefficient (Wildman–Crippen LogP) is 4.86. The van der Waals surface area contributed by atoms with Crippen LogP contribution in [-0.2, 0) is 10.4 Å². The first-order valence-corrected chi connectivity index (χ1v) is 8.20. The summed E-state index contributed by atoms with van der Waals surface area (Å²) in [6.45, 7) is 0. The Hall–Kier alpha value is -2.45. The Morgan fingerprint density at radius 3 is 2.33 bits per heavy atom. The third kappa shape index (κ3) is 3.42. The molecular weight excluding hydrogens is 408 g/mol. The first-order valence-electron chi connectivity index (χ1n) is 7.45. The predicted molar refractivity (Wildman–Crippen MR) is 94.2 cm³/mol. The number of alkyl halides is 3. The number of carboxylic acid groups (broad SMARTS) is 1. The van der Waals surface area contributed by atoms with Crippen molar-refractivity contribution in [1.82, 2.24) is 0 Å². The molecule has 1 heterocycles. The number of anilines is 1. The zero-order valence-corrected chi connectivity index (χ0v) is 14.9. The molecule has 5 nitrogen and oxygen atoms in total. The summed E-state index contributed by atoms with van der Waals surface area (Å²) in [5.74, 6) is -1.25. The number of rotatable bonds is 3. The second kappa shape index (κ2) is 6.61. The fourth-order valence-electron chi connectivity index (χ4n) is 2.78. The Kier molecular flexibility index (Phi) is 4.73. The lowest BCUT2D eigenvalue weighted by Gasteiger charge is -2.29. The fourth-order valence-corrected chi connectivity index (χ4v) is 3.31. The minimum absolute atomic E-state index is 0.0215. The van der Waals surface area contributed by atoms with E-state index in [4.69, 9.17) is 38.9 Å². The molecule has 0 saturated heterocycles. The molecule has 142 valence electrons. The maximum atomic E-state index is 13.9. The average molecular weight is 419 g/mol. The monoisotopic (exact) mass is 418 g/mol. The minimum atomic E-state index is -4.82. The molecule has 1 aliphatic rings. The van der Waals surface area contributed by atoms with Crippen LogP contribution in [0, 0.1) is 0 Å². The maximum absolute atomic E-state index is 13.9. The van der Waals surface area contributed by atoms with Gasteiger partial charge in [-0.25, -0.2) is 4.79 Å². The van der Waals surface area contributed by atoms with Crippen LogP contribution in [0.1, 0.15) is 27.9 Å². The van der Waals surface area contributed by atoms with E-state index in [-0.39, 0.29) is 38.1 Å². The van der Waals surface area contributed by atoms with E-state index in [9.17, 15) is 18.0 Å². The van der Waals surface area contributed by atoms with Crippen LogP contribution in [-0.4, -0.2) is 23.0 Å². The summed E-state index contributed by atoms with van der Waals surface area (Å²) < 4.78 is 41.7. The molecule has 27 heavy (non-hydrogen) atoms. The van der Waals surface area contributed by atoms with Crippen molar-refractivity contribution < 1.29 is 27.9 Å². The van der Waals surface area contributed by atoms with E-state index in [1.165, 1.54) is 24.3 Å². The Bertz CT molecular complexity index is 943. The van der Waals surface area contributed by atoms with E-state index >= 15 is 0 Å². The van der Waals surface area contributed by atoms with Gasteiger partial charge in [-0.15, -0.1) is 0 Å². The van der Waals surface area contributed by atoms with Crippen molar-refractivity contribution in [3.8, 4) is 0 Å². The summed E-state index contributed by atoms with van der Waals surface area (Å²) >= 11 is 11.7. The van der Waals surface area contributed by atoms with Gasteiger partial charge in [0.25, 0.3) is 5.60 Å². The van der Waals surface area contributed by atoms with Gasteiger partial charge in [-0.1, -0.05) is 34.4 Å². The molecule has 0 aromatic heterocycles. The molecule has 0 amide bonds. The highest BCUT2D eigenvalue weighted by Gasteiger charge is 2.62. The summed E-state index contributed by atoms with van der Waals surface area (Å²) in [6.07, 6.45) is -5.47. The van der Waals surface area contributed by atoms with Gasteiger partial charge in [-0.05, 0) is 30.3 Å². The highest BCUT2D eigenvalue weighted by molar-refractivity contribution is 6.34. The van der Waals surface area contributed by atoms with Crippen molar-refractivity contribution in [2.75, 3.05) is 5.73 Å². The lowest BCUT2D eigenvalue weighted by atomic mass is 9.86. The topological polar surface area (TPSA) is 84.9 Å². The SMILES string of the molecule is Nc1cc(C2=NOC(c3cc(Cl)cc(Cl)c3)(C(F)(F)F)C2)ccc1C(=O)O. The van der Waals surface area contributed by atoms with E-state index in [0.717, 1.165) is 12.1 Å². The van der Waals surface area contributed by atoms with Crippen molar-refractivity contribution in [3.05, 3.63) is 63.1 Å². The number of hydrogen-bond donors (Lipinski definition) is 2. The standard InChI is InChI=1S/C17H11Cl2F3N2O3/c18-10-4-9(5-11(19)6-10)16(17(20,21)22)7-14(24-27-16)8-1-2-12(15(25)26)13(23)3-8/h1-6H,7,23H2,(H,25,26). The first-order chi connectivity index (χ1) is 12.5. The highest BCUT2D eigenvalue weighted by atomic mass is 35.5. The number of benzene rings is 2. The number of halogens is 5.